The van der Waals surface area contributed by atoms with E-state index in [0.29, 0.717) is 10.0 Å². The number of carbonyl (C=O) groups is 1. The lowest BCUT2D eigenvalue weighted by atomic mass is 10.2. The van der Waals surface area contributed by atoms with Crippen LogP contribution in [0.3, 0.4) is 0 Å². The number of aryl methyl sites for hydroxylation is 1. The van der Waals surface area contributed by atoms with Crippen LogP contribution in [0.5, 0.6) is 0 Å². The number of hydrogen-bond acceptors (Lipinski definition) is 8. The highest BCUT2D eigenvalue weighted by molar-refractivity contribution is 8.03. The average molecular weight is 545 g/mol. The van der Waals surface area contributed by atoms with E-state index in [0.717, 1.165) is 36.3 Å². The summed E-state index contributed by atoms with van der Waals surface area (Å²) in [7, 11) is -4.48. The van der Waals surface area contributed by atoms with Crippen LogP contribution >= 0.6 is 46.0 Å². The second-order valence-electron chi connectivity index (χ2n) is 7.17. The highest BCUT2D eigenvalue weighted by atomic mass is 35.5. The third kappa shape index (κ3) is 5.61. The van der Waals surface area contributed by atoms with Crippen molar-refractivity contribution in [1.29, 1.82) is 0 Å². The molecule has 7 nitrogen and oxygen atoms in total. The number of halogens is 1. The van der Waals surface area contributed by atoms with E-state index in [4.69, 9.17) is 11.6 Å². The number of thiophene rings is 1. The highest BCUT2D eigenvalue weighted by Crippen LogP contribution is 2.47. The molecule has 4 rings (SSSR count). The molecule has 3 heterocycles. The molecule has 0 radical (unpaired) electrons. The number of carboxylic acid groups (broad SMARTS) is 1. The van der Waals surface area contributed by atoms with Crippen molar-refractivity contribution in [2.75, 3.05) is 11.4 Å². The summed E-state index contributed by atoms with van der Waals surface area (Å²) in [6.07, 6.45) is 3.66. The quantitative estimate of drug-likeness (QED) is 0.332. The fraction of sp³-hybridized carbons (Fsp3) is 0.238. The Morgan fingerprint density at radius 2 is 2.09 bits per heavy atom. The van der Waals surface area contributed by atoms with Gasteiger partial charge in [0.1, 0.15) is 11.2 Å². The number of aliphatic carboxylic acids is 1. The molecule has 33 heavy (non-hydrogen) atoms. The maximum absolute atomic E-state index is 11.5. The molecule has 1 aliphatic heterocycles. The zero-order chi connectivity index (χ0) is 23.2. The second-order valence-corrected chi connectivity index (χ2v) is 11.9. The number of rotatable bonds is 6. The third-order valence-electron chi connectivity index (χ3n) is 4.59. The fourth-order valence-corrected chi connectivity index (χ4v) is 7.86. The van der Waals surface area contributed by atoms with Crippen LogP contribution in [0.1, 0.15) is 24.9 Å². The number of aromatic nitrogens is 1. The second kappa shape index (κ2) is 9.77. The molecule has 0 saturated heterocycles. The smallest absolute Gasteiger partial charge is 0.323 e. The number of carboxylic acids is 1. The Morgan fingerprint density at radius 1 is 1.36 bits per heavy atom. The molecular weight excluding hydrogens is 524 g/mol. The van der Waals surface area contributed by atoms with Crippen LogP contribution < -0.4 is 9.47 Å². The van der Waals surface area contributed by atoms with Gasteiger partial charge in [-0.05, 0) is 49.3 Å². The maximum atomic E-state index is 11.5. The molecule has 2 aromatic heterocycles. The lowest BCUT2D eigenvalue weighted by Crippen LogP contribution is -2.38. The Hall–Kier alpha value is -1.89. The van der Waals surface area contributed by atoms with Gasteiger partial charge in [0.2, 0.25) is 5.88 Å². The van der Waals surface area contributed by atoms with Gasteiger partial charge in [-0.3, -0.25) is 4.79 Å². The van der Waals surface area contributed by atoms with Crippen LogP contribution in [0.15, 0.2) is 45.2 Å². The Labute approximate surface area is 209 Å². The van der Waals surface area contributed by atoms with Crippen molar-refractivity contribution in [3.63, 3.8) is 0 Å². The van der Waals surface area contributed by atoms with Crippen molar-refractivity contribution in [1.82, 2.24) is 0 Å². The average Bonchev–Trinajstić information content (AvgIpc) is 3.29. The first-order valence-corrected chi connectivity index (χ1v) is 13.7. The van der Waals surface area contributed by atoms with E-state index in [1.807, 2.05) is 37.4 Å². The van der Waals surface area contributed by atoms with E-state index in [9.17, 15) is 22.9 Å². The standard InChI is InChI=1S/C20H17ClN2O5S4.CH4/c1-11(5-16-22(8-18(24)25)14-7-13(21)3-4-15(14)30-16)6-17-23(10-32(26,27)28)20-19(31-17)12(2)9-29-20;/h3-7,9H,8,10H2,1-2H3,(H-,24,25,26,27,28);1H4. The number of thiazole rings is 1. The summed E-state index contributed by atoms with van der Waals surface area (Å²) >= 11 is 10.4. The van der Waals surface area contributed by atoms with Crippen molar-refractivity contribution in [2.24, 2.45) is 0 Å². The van der Waals surface area contributed by atoms with E-state index in [2.05, 4.69) is 0 Å². The van der Waals surface area contributed by atoms with E-state index >= 15 is 0 Å². The largest absolute Gasteiger partial charge is 0.743 e. The topological polar surface area (TPSA) is 102 Å². The molecule has 1 N–H and O–H groups in total. The first kappa shape index (κ1) is 25.7. The lowest BCUT2D eigenvalue weighted by molar-refractivity contribution is -0.647. The summed E-state index contributed by atoms with van der Waals surface area (Å²) in [6.45, 7) is 3.57. The van der Waals surface area contributed by atoms with E-state index in [-0.39, 0.29) is 14.0 Å². The first-order chi connectivity index (χ1) is 15.0. The zero-order valence-corrected chi connectivity index (χ0v) is 20.9. The van der Waals surface area contributed by atoms with Crippen LogP contribution in [0, 0.1) is 6.92 Å². The normalized spacial score (nSPS) is 15.2. The predicted molar refractivity (Wildman–Crippen MR) is 135 cm³/mol. The number of anilines is 1. The number of nitrogens with zero attached hydrogens (tertiary/aromatic N) is 2. The summed E-state index contributed by atoms with van der Waals surface area (Å²) in [5.41, 5.74) is 2.53. The molecule has 0 aliphatic carbocycles. The van der Waals surface area contributed by atoms with Crippen molar-refractivity contribution in [3.05, 3.63) is 55.9 Å². The van der Waals surface area contributed by atoms with Gasteiger partial charge in [0.25, 0.3) is 9.84 Å². The minimum atomic E-state index is -4.48. The maximum Gasteiger partial charge on any atom is 0.323 e. The van der Waals surface area contributed by atoms with E-state index in [1.54, 1.807) is 17.0 Å². The summed E-state index contributed by atoms with van der Waals surface area (Å²) in [5.74, 6) is -1.62. The molecule has 1 aliphatic rings. The van der Waals surface area contributed by atoms with Gasteiger partial charge in [-0.2, -0.15) is 4.57 Å². The monoisotopic (exact) mass is 544 g/mol. The van der Waals surface area contributed by atoms with Crippen molar-refractivity contribution >= 4 is 83.4 Å². The zero-order valence-electron chi connectivity index (χ0n) is 16.9. The number of hydrogen-bond donors (Lipinski definition) is 1. The third-order valence-corrected chi connectivity index (χ3v) is 9.03. The fourth-order valence-electron chi connectivity index (χ4n) is 3.29. The van der Waals surface area contributed by atoms with Crippen LogP contribution in [0.25, 0.3) is 15.6 Å². The van der Waals surface area contributed by atoms with Gasteiger partial charge in [0, 0.05) is 21.4 Å². The van der Waals surface area contributed by atoms with Crippen LogP contribution in [0.4, 0.5) is 5.69 Å². The van der Waals surface area contributed by atoms with Gasteiger partial charge in [-0.25, -0.2) is 8.42 Å². The van der Waals surface area contributed by atoms with Crippen LogP contribution in [0.2, 0.25) is 5.02 Å². The molecule has 0 fully saturated rings. The molecular formula is C21H21ClN2O5S4. The van der Waals surface area contributed by atoms with Gasteiger partial charge < -0.3 is 14.6 Å². The summed E-state index contributed by atoms with van der Waals surface area (Å²) < 4.78 is 36.9. The molecule has 12 heteroatoms. The van der Waals surface area contributed by atoms with Crippen LogP contribution in [-0.2, 0) is 20.8 Å². The Balaban J connectivity index is 0.00000306. The molecule has 1 aromatic carbocycles. The molecule has 0 bridgehead atoms. The van der Waals surface area contributed by atoms with Gasteiger partial charge in [-0.1, -0.05) is 53.5 Å². The van der Waals surface area contributed by atoms with E-state index in [1.165, 1.54) is 39.0 Å². The Kier molecular flexibility index (Phi) is 7.62. The van der Waals surface area contributed by atoms with Gasteiger partial charge >= 0.3 is 5.97 Å². The Morgan fingerprint density at radius 3 is 2.76 bits per heavy atom. The Bertz CT molecular complexity index is 1410. The molecule has 176 valence electrons. The summed E-state index contributed by atoms with van der Waals surface area (Å²) in [6, 6.07) is 5.33. The summed E-state index contributed by atoms with van der Waals surface area (Å²) in [5, 5.41) is 13.2. The summed E-state index contributed by atoms with van der Waals surface area (Å²) in [4.78, 5) is 14.8. The van der Waals surface area contributed by atoms with E-state index < -0.39 is 22.0 Å². The SMILES string of the molecule is C.CC(=C/c1sc2c(C)csc2[n+]1CS(=O)(=O)[O-])/C=C1/Sc2ccc(Cl)cc2N1CC(=O)O. The molecule has 0 atom stereocenters. The number of thioether (sulfide) groups is 1. The predicted octanol–water partition coefficient (Wildman–Crippen LogP) is 5.29. The molecule has 0 saturated carbocycles. The van der Waals surface area contributed by atoms with Crippen molar-refractivity contribution < 1.29 is 27.4 Å². The minimum Gasteiger partial charge on any atom is -0.743 e. The molecule has 0 amide bonds. The minimum absolute atomic E-state index is 0. The molecule has 3 aromatic rings. The number of allylic oxidation sites excluding steroid dienone is 2. The molecule has 0 unspecified atom stereocenters. The number of benzene rings is 1. The lowest BCUT2D eigenvalue weighted by Gasteiger charge is -2.18. The van der Waals surface area contributed by atoms with Gasteiger partial charge in [0.15, 0.2) is 10.1 Å². The van der Waals surface area contributed by atoms with Crippen molar-refractivity contribution in [3.8, 4) is 0 Å². The van der Waals surface area contributed by atoms with Gasteiger partial charge in [0.05, 0.1) is 10.7 Å². The van der Waals surface area contributed by atoms with Gasteiger partial charge in [-0.15, -0.1) is 0 Å². The highest BCUT2D eigenvalue weighted by Gasteiger charge is 2.28. The number of fused-ring (bicyclic) bond motifs is 2. The first-order valence-electron chi connectivity index (χ1n) is 9.22. The molecule has 0 spiro atoms. The van der Waals surface area contributed by atoms with Crippen LogP contribution in [-0.4, -0.2) is 30.6 Å². The van der Waals surface area contributed by atoms with Crippen molar-refractivity contribution in [2.45, 2.75) is 32.0 Å².